The lowest BCUT2D eigenvalue weighted by Gasteiger charge is -1.99. The lowest BCUT2D eigenvalue weighted by Crippen LogP contribution is -2.01. The van der Waals surface area contributed by atoms with E-state index in [0.717, 1.165) is 24.4 Å². The molecule has 0 radical (unpaired) electrons. The average molecular weight is 224 g/mol. The molecular formula is C9H8N2O5. The molecule has 1 aromatic carbocycles. The number of aromatic carboxylic acids is 1. The molecule has 0 fully saturated rings. The minimum atomic E-state index is -1.16. The number of nitro groups is 1. The number of carboxylic acids is 1. The van der Waals surface area contributed by atoms with Gasteiger partial charge in [-0.05, 0) is 12.1 Å². The molecule has 7 heteroatoms. The zero-order valence-corrected chi connectivity index (χ0v) is 8.28. The standard InChI is InChI=1S/C9H8N2O5/c1-16-10-5-7-4-6(9(12)13)2-3-8(7)11(14)15/h2-5H,1H3,(H,12,13)/b10-5+. The van der Waals surface area contributed by atoms with Gasteiger partial charge in [0, 0.05) is 6.07 Å². The molecule has 0 aliphatic heterocycles. The van der Waals surface area contributed by atoms with Gasteiger partial charge in [-0.3, -0.25) is 10.1 Å². The fourth-order valence-electron chi connectivity index (χ4n) is 1.07. The van der Waals surface area contributed by atoms with Crippen LogP contribution in [0.25, 0.3) is 0 Å². The van der Waals surface area contributed by atoms with Crippen molar-refractivity contribution in [2.45, 2.75) is 0 Å². The van der Waals surface area contributed by atoms with E-state index in [1.807, 2.05) is 0 Å². The molecule has 0 aromatic heterocycles. The highest BCUT2D eigenvalue weighted by atomic mass is 16.6. The van der Waals surface area contributed by atoms with E-state index in [1.54, 1.807) is 0 Å². The van der Waals surface area contributed by atoms with Crippen molar-refractivity contribution in [2.24, 2.45) is 5.16 Å². The van der Waals surface area contributed by atoms with Crippen LogP contribution >= 0.6 is 0 Å². The summed E-state index contributed by atoms with van der Waals surface area (Å²) in [6.07, 6.45) is 1.09. The van der Waals surface area contributed by atoms with Gasteiger partial charge in [-0.1, -0.05) is 5.16 Å². The van der Waals surface area contributed by atoms with Crippen LogP contribution in [0.1, 0.15) is 15.9 Å². The lowest BCUT2D eigenvalue weighted by molar-refractivity contribution is -0.385. The Morgan fingerprint density at radius 3 is 2.81 bits per heavy atom. The van der Waals surface area contributed by atoms with Crippen LogP contribution < -0.4 is 0 Å². The van der Waals surface area contributed by atoms with E-state index in [4.69, 9.17) is 5.11 Å². The highest BCUT2D eigenvalue weighted by Crippen LogP contribution is 2.18. The van der Waals surface area contributed by atoms with Gasteiger partial charge in [-0.15, -0.1) is 0 Å². The number of hydrogen-bond donors (Lipinski definition) is 1. The van der Waals surface area contributed by atoms with Gasteiger partial charge in [0.2, 0.25) is 0 Å². The summed E-state index contributed by atoms with van der Waals surface area (Å²) < 4.78 is 0. The summed E-state index contributed by atoms with van der Waals surface area (Å²) >= 11 is 0. The summed E-state index contributed by atoms with van der Waals surface area (Å²) in [6, 6.07) is 3.42. The monoisotopic (exact) mass is 224 g/mol. The third-order valence-electron chi connectivity index (χ3n) is 1.77. The predicted octanol–water partition coefficient (Wildman–Crippen LogP) is 1.27. The molecule has 0 aliphatic carbocycles. The third-order valence-corrected chi connectivity index (χ3v) is 1.77. The molecular weight excluding hydrogens is 216 g/mol. The van der Waals surface area contributed by atoms with Crippen LogP contribution in [0.2, 0.25) is 0 Å². The minimum absolute atomic E-state index is 0.0526. The van der Waals surface area contributed by atoms with Gasteiger partial charge in [-0.2, -0.15) is 0 Å². The first-order valence-electron chi connectivity index (χ1n) is 4.14. The minimum Gasteiger partial charge on any atom is -0.478 e. The molecule has 0 unspecified atom stereocenters. The molecule has 0 bridgehead atoms. The molecule has 7 nitrogen and oxygen atoms in total. The van der Waals surface area contributed by atoms with Crippen molar-refractivity contribution in [1.82, 2.24) is 0 Å². The lowest BCUT2D eigenvalue weighted by atomic mass is 10.1. The zero-order chi connectivity index (χ0) is 12.1. The van der Waals surface area contributed by atoms with Crippen molar-refractivity contribution >= 4 is 17.9 Å². The largest absolute Gasteiger partial charge is 0.478 e. The van der Waals surface area contributed by atoms with Crippen LogP contribution in [-0.4, -0.2) is 29.3 Å². The molecule has 0 heterocycles. The quantitative estimate of drug-likeness (QED) is 0.471. The predicted molar refractivity (Wildman–Crippen MR) is 54.7 cm³/mol. The normalized spacial score (nSPS) is 10.3. The molecule has 0 amide bonds. The first kappa shape index (κ1) is 11.6. The van der Waals surface area contributed by atoms with Crippen LogP contribution in [0.4, 0.5) is 5.69 Å². The Hall–Kier alpha value is -2.44. The smallest absolute Gasteiger partial charge is 0.335 e. The van der Waals surface area contributed by atoms with Crippen molar-refractivity contribution in [1.29, 1.82) is 0 Å². The maximum absolute atomic E-state index is 10.7. The second-order valence-corrected chi connectivity index (χ2v) is 2.75. The molecule has 1 rings (SSSR count). The van der Waals surface area contributed by atoms with Gasteiger partial charge in [-0.25, -0.2) is 4.79 Å². The average Bonchev–Trinajstić information content (AvgIpc) is 2.25. The van der Waals surface area contributed by atoms with Crippen LogP contribution in [0.3, 0.4) is 0 Å². The molecule has 0 atom stereocenters. The molecule has 0 saturated heterocycles. The van der Waals surface area contributed by atoms with Gasteiger partial charge in [0.25, 0.3) is 5.69 Å². The van der Waals surface area contributed by atoms with Crippen LogP contribution in [0, 0.1) is 10.1 Å². The number of carboxylic acid groups (broad SMARTS) is 1. The first-order chi connectivity index (χ1) is 7.56. The Balaban J connectivity index is 3.26. The van der Waals surface area contributed by atoms with Gasteiger partial charge >= 0.3 is 5.97 Å². The topological polar surface area (TPSA) is 102 Å². The molecule has 1 aromatic rings. The van der Waals surface area contributed by atoms with Gasteiger partial charge in [0.15, 0.2) is 0 Å². The fraction of sp³-hybridized carbons (Fsp3) is 0.111. The summed E-state index contributed by atoms with van der Waals surface area (Å²) in [4.78, 5) is 25.0. The van der Waals surface area contributed by atoms with E-state index in [0.29, 0.717) is 0 Å². The zero-order valence-electron chi connectivity index (χ0n) is 8.28. The van der Waals surface area contributed by atoms with Crippen molar-refractivity contribution in [3.63, 3.8) is 0 Å². The van der Waals surface area contributed by atoms with Crippen molar-refractivity contribution in [3.8, 4) is 0 Å². The Morgan fingerprint density at radius 1 is 1.62 bits per heavy atom. The molecule has 84 valence electrons. The van der Waals surface area contributed by atoms with E-state index in [2.05, 4.69) is 9.99 Å². The van der Waals surface area contributed by atoms with E-state index in [9.17, 15) is 14.9 Å². The Morgan fingerprint density at radius 2 is 2.31 bits per heavy atom. The maximum atomic E-state index is 10.7. The summed E-state index contributed by atoms with van der Waals surface area (Å²) in [5, 5.41) is 22.7. The number of oxime groups is 1. The SMILES string of the molecule is CO/N=C/c1cc(C(=O)O)ccc1[N+](=O)[O-]. The Kier molecular flexibility index (Phi) is 3.54. The number of carbonyl (C=O) groups is 1. The van der Waals surface area contributed by atoms with Crippen LogP contribution in [-0.2, 0) is 4.84 Å². The molecule has 0 spiro atoms. The van der Waals surface area contributed by atoms with Gasteiger partial charge in [0.05, 0.1) is 22.3 Å². The Bertz CT molecular complexity index is 455. The highest BCUT2D eigenvalue weighted by molar-refractivity contribution is 5.93. The first-order valence-corrected chi connectivity index (χ1v) is 4.14. The molecule has 16 heavy (non-hydrogen) atoms. The second kappa shape index (κ2) is 4.87. The van der Waals surface area contributed by atoms with Crippen LogP contribution in [0.5, 0.6) is 0 Å². The Labute approximate surface area is 90.1 Å². The van der Waals surface area contributed by atoms with E-state index < -0.39 is 10.9 Å². The number of nitro benzene ring substituents is 1. The summed E-state index contributed by atoms with van der Waals surface area (Å²) in [6.45, 7) is 0. The van der Waals surface area contributed by atoms with E-state index >= 15 is 0 Å². The third kappa shape index (κ3) is 2.53. The fourth-order valence-corrected chi connectivity index (χ4v) is 1.07. The number of benzene rings is 1. The second-order valence-electron chi connectivity index (χ2n) is 2.75. The van der Waals surface area contributed by atoms with E-state index in [1.165, 1.54) is 7.11 Å². The van der Waals surface area contributed by atoms with Crippen molar-refractivity contribution < 1.29 is 19.7 Å². The van der Waals surface area contributed by atoms with Crippen molar-refractivity contribution in [2.75, 3.05) is 7.11 Å². The molecule has 0 aliphatic rings. The summed E-state index contributed by atoms with van der Waals surface area (Å²) in [5.41, 5.74) is -0.208. The van der Waals surface area contributed by atoms with E-state index in [-0.39, 0.29) is 16.8 Å². The number of rotatable bonds is 4. The summed E-state index contributed by atoms with van der Waals surface area (Å²) in [5.74, 6) is -1.16. The van der Waals surface area contributed by atoms with Gasteiger partial charge in [0.1, 0.15) is 7.11 Å². The highest BCUT2D eigenvalue weighted by Gasteiger charge is 2.15. The number of nitrogens with zero attached hydrogens (tertiary/aromatic N) is 2. The summed E-state index contributed by atoms with van der Waals surface area (Å²) in [7, 11) is 1.28. The van der Waals surface area contributed by atoms with Crippen LogP contribution in [0.15, 0.2) is 23.4 Å². The molecule has 1 N–H and O–H groups in total. The van der Waals surface area contributed by atoms with Crippen molar-refractivity contribution in [3.05, 3.63) is 39.4 Å². The number of hydrogen-bond acceptors (Lipinski definition) is 5. The maximum Gasteiger partial charge on any atom is 0.335 e. The molecule has 0 saturated carbocycles. The van der Waals surface area contributed by atoms with Gasteiger partial charge < -0.3 is 9.94 Å².